The summed E-state index contributed by atoms with van der Waals surface area (Å²) >= 11 is 0. The number of hydrazone groups is 1. The van der Waals surface area contributed by atoms with Crippen LogP contribution in [0, 0.1) is 5.82 Å². The zero-order chi connectivity index (χ0) is 20.3. The lowest BCUT2D eigenvalue weighted by Crippen LogP contribution is -2.39. The number of hydrogen-bond acceptors (Lipinski definition) is 5. The SMILES string of the molecule is NC(=O)C1CC(C(=O)Nc2ccc(OC(F)F)cc2)=NN1c1ccc(F)cc1. The predicted octanol–water partition coefficient (Wildman–Crippen LogP) is 2.49. The number of anilines is 2. The van der Waals surface area contributed by atoms with Crippen LogP contribution in [0.4, 0.5) is 24.5 Å². The van der Waals surface area contributed by atoms with Crippen LogP contribution < -0.4 is 20.8 Å². The molecule has 0 aliphatic carbocycles. The van der Waals surface area contributed by atoms with E-state index in [2.05, 4.69) is 15.2 Å². The molecule has 1 unspecified atom stereocenters. The Morgan fingerprint density at radius 1 is 1.14 bits per heavy atom. The molecule has 0 fully saturated rings. The van der Waals surface area contributed by atoms with Gasteiger partial charge in [0.05, 0.1) is 5.69 Å². The van der Waals surface area contributed by atoms with Crippen molar-refractivity contribution in [2.45, 2.75) is 19.1 Å². The van der Waals surface area contributed by atoms with E-state index in [0.29, 0.717) is 11.4 Å². The minimum absolute atomic E-state index is 0.0366. The summed E-state index contributed by atoms with van der Waals surface area (Å²) in [6, 6.07) is 9.64. The molecule has 2 aromatic rings. The van der Waals surface area contributed by atoms with Gasteiger partial charge in [-0.15, -0.1) is 0 Å². The average molecular weight is 392 g/mol. The quantitative estimate of drug-likeness (QED) is 0.789. The molecule has 1 aliphatic heterocycles. The Balaban J connectivity index is 1.74. The standard InChI is InChI=1S/C18H15F3N4O3/c19-10-1-5-12(6-2-10)25-15(16(22)26)9-14(24-25)17(27)23-11-3-7-13(8-4-11)28-18(20)21/h1-8,15,18H,9H2,(H2,22,26)(H,23,27). The largest absolute Gasteiger partial charge is 0.435 e. The molecular weight excluding hydrogens is 377 g/mol. The number of ether oxygens (including phenoxy) is 1. The molecule has 0 radical (unpaired) electrons. The first kappa shape index (κ1) is 19.2. The third kappa shape index (κ3) is 4.40. The molecule has 0 saturated carbocycles. The molecule has 146 valence electrons. The Hall–Kier alpha value is -3.56. The minimum Gasteiger partial charge on any atom is -0.435 e. The van der Waals surface area contributed by atoms with Crippen LogP contribution >= 0.6 is 0 Å². The fraction of sp³-hybridized carbons (Fsp3) is 0.167. The van der Waals surface area contributed by atoms with E-state index in [0.717, 1.165) is 0 Å². The van der Waals surface area contributed by atoms with Crippen molar-refractivity contribution in [3.05, 3.63) is 54.3 Å². The molecule has 3 rings (SSSR count). The maximum Gasteiger partial charge on any atom is 0.387 e. The average Bonchev–Trinajstić information content (AvgIpc) is 3.09. The lowest BCUT2D eigenvalue weighted by molar-refractivity contribution is -0.119. The van der Waals surface area contributed by atoms with Gasteiger partial charge in [-0.05, 0) is 48.5 Å². The number of carbonyl (C=O) groups is 2. The van der Waals surface area contributed by atoms with E-state index in [9.17, 15) is 22.8 Å². The van der Waals surface area contributed by atoms with Crippen LogP contribution in [0.2, 0.25) is 0 Å². The molecule has 0 bridgehead atoms. The monoisotopic (exact) mass is 392 g/mol. The Kier molecular flexibility index (Phi) is 5.48. The highest BCUT2D eigenvalue weighted by Gasteiger charge is 2.35. The second-order valence-electron chi connectivity index (χ2n) is 5.85. The number of benzene rings is 2. The summed E-state index contributed by atoms with van der Waals surface area (Å²) in [5.41, 5.74) is 6.16. The zero-order valence-electron chi connectivity index (χ0n) is 14.3. The lowest BCUT2D eigenvalue weighted by atomic mass is 10.1. The van der Waals surface area contributed by atoms with Gasteiger partial charge in [0.25, 0.3) is 5.91 Å². The molecule has 28 heavy (non-hydrogen) atoms. The number of halogens is 3. The van der Waals surface area contributed by atoms with Gasteiger partial charge in [0, 0.05) is 12.1 Å². The molecule has 1 heterocycles. The van der Waals surface area contributed by atoms with E-state index in [-0.39, 0.29) is 17.9 Å². The topological polar surface area (TPSA) is 97.0 Å². The predicted molar refractivity (Wildman–Crippen MR) is 95.6 cm³/mol. The van der Waals surface area contributed by atoms with Gasteiger partial charge in [0.2, 0.25) is 5.91 Å². The van der Waals surface area contributed by atoms with Crippen molar-refractivity contribution in [2.24, 2.45) is 10.8 Å². The maximum atomic E-state index is 13.1. The number of nitrogens with one attached hydrogen (secondary N) is 1. The van der Waals surface area contributed by atoms with Crippen molar-refractivity contribution in [1.82, 2.24) is 0 Å². The van der Waals surface area contributed by atoms with Gasteiger partial charge in [0.1, 0.15) is 23.3 Å². The van der Waals surface area contributed by atoms with E-state index in [1.54, 1.807) is 0 Å². The van der Waals surface area contributed by atoms with Gasteiger partial charge in [-0.3, -0.25) is 14.6 Å². The fourth-order valence-corrected chi connectivity index (χ4v) is 2.62. The molecule has 3 N–H and O–H groups in total. The van der Waals surface area contributed by atoms with E-state index in [1.165, 1.54) is 53.5 Å². The van der Waals surface area contributed by atoms with Crippen LogP contribution in [0.1, 0.15) is 6.42 Å². The van der Waals surface area contributed by atoms with Crippen molar-refractivity contribution in [3.8, 4) is 5.75 Å². The van der Waals surface area contributed by atoms with Crippen molar-refractivity contribution >= 4 is 28.9 Å². The number of primary amides is 1. The van der Waals surface area contributed by atoms with E-state index in [4.69, 9.17) is 5.73 Å². The van der Waals surface area contributed by atoms with Crippen LogP contribution in [-0.4, -0.2) is 30.2 Å². The molecule has 10 heteroatoms. The van der Waals surface area contributed by atoms with Crippen molar-refractivity contribution in [1.29, 1.82) is 0 Å². The van der Waals surface area contributed by atoms with Crippen LogP contribution in [-0.2, 0) is 9.59 Å². The summed E-state index contributed by atoms with van der Waals surface area (Å²) < 4.78 is 41.7. The molecular formula is C18H15F3N4O3. The third-order valence-electron chi connectivity index (χ3n) is 3.93. The van der Waals surface area contributed by atoms with Crippen LogP contribution in [0.25, 0.3) is 0 Å². The number of nitrogens with two attached hydrogens (primary N) is 1. The summed E-state index contributed by atoms with van der Waals surface area (Å²) in [6.45, 7) is -2.95. The second-order valence-corrected chi connectivity index (χ2v) is 5.85. The summed E-state index contributed by atoms with van der Waals surface area (Å²) in [6.07, 6.45) is -0.0366. The summed E-state index contributed by atoms with van der Waals surface area (Å²) in [4.78, 5) is 24.2. The molecule has 0 saturated heterocycles. The molecule has 2 aromatic carbocycles. The molecule has 7 nitrogen and oxygen atoms in total. The highest BCUT2D eigenvalue weighted by molar-refractivity contribution is 6.44. The van der Waals surface area contributed by atoms with E-state index in [1.807, 2.05) is 0 Å². The van der Waals surface area contributed by atoms with E-state index >= 15 is 0 Å². The summed E-state index contributed by atoms with van der Waals surface area (Å²) in [5.74, 6) is -1.79. The molecule has 1 atom stereocenters. The Morgan fingerprint density at radius 3 is 2.36 bits per heavy atom. The minimum atomic E-state index is -2.95. The number of hydrogen-bond donors (Lipinski definition) is 2. The van der Waals surface area contributed by atoms with Gasteiger partial charge in [-0.25, -0.2) is 4.39 Å². The van der Waals surface area contributed by atoms with Crippen LogP contribution in [0.5, 0.6) is 5.75 Å². The Morgan fingerprint density at radius 2 is 1.79 bits per heavy atom. The van der Waals surface area contributed by atoms with E-state index < -0.39 is 30.3 Å². The van der Waals surface area contributed by atoms with Gasteiger partial charge >= 0.3 is 6.61 Å². The zero-order valence-corrected chi connectivity index (χ0v) is 14.3. The Bertz CT molecular complexity index is 901. The lowest BCUT2D eigenvalue weighted by Gasteiger charge is -2.20. The third-order valence-corrected chi connectivity index (χ3v) is 3.93. The van der Waals surface area contributed by atoms with Crippen molar-refractivity contribution in [2.75, 3.05) is 10.3 Å². The highest BCUT2D eigenvalue weighted by Crippen LogP contribution is 2.25. The molecule has 0 aromatic heterocycles. The van der Waals surface area contributed by atoms with Gasteiger partial charge < -0.3 is 15.8 Å². The first-order chi connectivity index (χ1) is 13.3. The fourth-order valence-electron chi connectivity index (χ4n) is 2.62. The van der Waals surface area contributed by atoms with Crippen molar-refractivity contribution in [3.63, 3.8) is 0 Å². The summed E-state index contributed by atoms with van der Waals surface area (Å²) in [7, 11) is 0. The number of alkyl halides is 2. The van der Waals surface area contributed by atoms with Crippen LogP contribution in [0.3, 0.4) is 0 Å². The van der Waals surface area contributed by atoms with Crippen molar-refractivity contribution < 1.29 is 27.5 Å². The first-order valence-electron chi connectivity index (χ1n) is 8.11. The van der Waals surface area contributed by atoms with Gasteiger partial charge in [-0.1, -0.05) is 0 Å². The smallest absolute Gasteiger partial charge is 0.387 e. The Labute approximate surface area is 157 Å². The van der Waals surface area contributed by atoms with Gasteiger partial charge in [0.15, 0.2) is 0 Å². The maximum absolute atomic E-state index is 13.1. The van der Waals surface area contributed by atoms with Crippen LogP contribution in [0.15, 0.2) is 53.6 Å². The molecule has 2 amide bonds. The number of amides is 2. The number of nitrogens with zero attached hydrogens (tertiary/aromatic N) is 2. The normalized spacial score (nSPS) is 16.1. The molecule has 0 spiro atoms. The highest BCUT2D eigenvalue weighted by atomic mass is 19.3. The molecule has 1 aliphatic rings. The summed E-state index contributed by atoms with van der Waals surface area (Å²) in [5, 5.41) is 7.95. The first-order valence-corrected chi connectivity index (χ1v) is 8.11. The van der Waals surface area contributed by atoms with Gasteiger partial charge in [-0.2, -0.15) is 13.9 Å². The number of rotatable bonds is 6. The second kappa shape index (κ2) is 7.99. The number of carbonyl (C=O) groups excluding carboxylic acids is 2.